The van der Waals surface area contributed by atoms with Gasteiger partial charge in [-0.25, -0.2) is 0 Å². The van der Waals surface area contributed by atoms with Crippen LogP contribution in [0.15, 0.2) is 24.7 Å². The summed E-state index contributed by atoms with van der Waals surface area (Å²) in [5.41, 5.74) is 0.925. The van der Waals surface area contributed by atoms with Gasteiger partial charge in [-0.05, 0) is 12.5 Å². The first-order valence-electron chi connectivity index (χ1n) is 5.69. The highest BCUT2D eigenvalue weighted by Crippen LogP contribution is 2.21. The SMILES string of the molecule is CCCn1ncc(OC)c1C(=O)c1ccnnc1. The Hall–Kier alpha value is -2.24. The number of rotatable bonds is 5. The summed E-state index contributed by atoms with van der Waals surface area (Å²) in [7, 11) is 1.52. The van der Waals surface area contributed by atoms with E-state index in [1.807, 2.05) is 6.92 Å². The Morgan fingerprint density at radius 3 is 2.83 bits per heavy atom. The van der Waals surface area contributed by atoms with Crippen LogP contribution in [0, 0.1) is 0 Å². The van der Waals surface area contributed by atoms with Crippen LogP contribution in [0.5, 0.6) is 5.75 Å². The molecule has 0 spiro atoms. The van der Waals surface area contributed by atoms with Crippen LogP contribution < -0.4 is 4.74 Å². The van der Waals surface area contributed by atoms with E-state index in [9.17, 15) is 4.79 Å². The van der Waals surface area contributed by atoms with E-state index in [1.165, 1.54) is 19.5 Å². The van der Waals surface area contributed by atoms with Crippen molar-refractivity contribution in [3.8, 4) is 5.75 Å². The van der Waals surface area contributed by atoms with Gasteiger partial charge < -0.3 is 4.74 Å². The van der Waals surface area contributed by atoms with Gasteiger partial charge in [0.2, 0.25) is 5.78 Å². The lowest BCUT2D eigenvalue weighted by Crippen LogP contribution is -2.13. The molecule has 2 heterocycles. The number of methoxy groups -OCH3 is 1. The normalized spacial score (nSPS) is 10.3. The molecule has 0 atom stereocenters. The molecule has 0 aromatic carbocycles. The molecule has 0 aliphatic rings. The van der Waals surface area contributed by atoms with Crippen molar-refractivity contribution in [2.24, 2.45) is 0 Å². The summed E-state index contributed by atoms with van der Waals surface area (Å²) < 4.78 is 6.83. The van der Waals surface area contributed by atoms with Gasteiger partial charge in [-0.2, -0.15) is 15.3 Å². The molecule has 0 unspecified atom stereocenters. The van der Waals surface area contributed by atoms with Crippen molar-refractivity contribution in [3.63, 3.8) is 0 Å². The van der Waals surface area contributed by atoms with E-state index in [-0.39, 0.29) is 5.78 Å². The summed E-state index contributed by atoms with van der Waals surface area (Å²) in [5, 5.41) is 11.5. The zero-order chi connectivity index (χ0) is 13.0. The topological polar surface area (TPSA) is 69.9 Å². The molecular weight excluding hydrogens is 232 g/mol. The number of nitrogens with zero attached hydrogens (tertiary/aromatic N) is 4. The first kappa shape index (κ1) is 12.2. The lowest BCUT2D eigenvalue weighted by atomic mass is 10.1. The van der Waals surface area contributed by atoms with Crippen LogP contribution in [0.4, 0.5) is 0 Å². The fraction of sp³-hybridized carbons (Fsp3) is 0.333. The average molecular weight is 246 g/mol. The zero-order valence-corrected chi connectivity index (χ0v) is 10.3. The number of carbonyl (C=O) groups is 1. The summed E-state index contributed by atoms with van der Waals surface area (Å²) >= 11 is 0. The molecule has 94 valence electrons. The van der Waals surface area contributed by atoms with Gasteiger partial charge in [0.05, 0.1) is 25.7 Å². The van der Waals surface area contributed by atoms with Gasteiger partial charge in [0.15, 0.2) is 11.4 Å². The third kappa shape index (κ3) is 2.22. The lowest BCUT2D eigenvalue weighted by Gasteiger charge is -2.06. The van der Waals surface area contributed by atoms with E-state index in [0.29, 0.717) is 23.6 Å². The Bertz CT molecular complexity index is 536. The molecule has 2 rings (SSSR count). The molecule has 0 saturated heterocycles. The van der Waals surface area contributed by atoms with Crippen molar-refractivity contribution in [1.82, 2.24) is 20.0 Å². The third-order valence-electron chi connectivity index (χ3n) is 2.52. The third-order valence-corrected chi connectivity index (χ3v) is 2.52. The van der Waals surface area contributed by atoms with Gasteiger partial charge in [-0.15, -0.1) is 0 Å². The Morgan fingerprint density at radius 1 is 1.39 bits per heavy atom. The van der Waals surface area contributed by atoms with Crippen LogP contribution in [-0.4, -0.2) is 32.9 Å². The summed E-state index contributed by atoms with van der Waals surface area (Å²) in [6, 6.07) is 1.62. The van der Waals surface area contributed by atoms with Gasteiger partial charge in [-0.1, -0.05) is 6.92 Å². The van der Waals surface area contributed by atoms with Crippen LogP contribution >= 0.6 is 0 Å². The zero-order valence-electron chi connectivity index (χ0n) is 10.3. The minimum Gasteiger partial charge on any atom is -0.493 e. The molecule has 2 aromatic heterocycles. The minimum absolute atomic E-state index is 0.160. The van der Waals surface area contributed by atoms with Gasteiger partial charge in [0, 0.05) is 12.1 Å². The van der Waals surface area contributed by atoms with Crippen molar-refractivity contribution in [3.05, 3.63) is 35.9 Å². The second-order valence-electron chi connectivity index (χ2n) is 3.74. The number of ether oxygens (including phenoxy) is 1. The van der Waals surface area contributed by atoms with Crippen molar-refractivity contribution in [2.75, 3.05) is 7.11 Å². The lowest BCUT2D eigenvalue weighted by molar-refractivity contribution is 0.102. The quantitative estimate of drug-likeness (QED) is 0.744. The predicted octanol–water partition coefficient (Wildman–Crippen LogP) is 1.32. The van der Waals surface area contributed by atoms with Crippen LogP contribution in [-0.2, 0) is 6.54 Å². The smallest absolute Gasteiger partial charge is 0.216 e. The van der Waals surface area contributed by atoms with E-state index in [2.05, 4.69) is 15.3 Å². The highest BCUT2D eigenvalue weighted by molar-refractivity contribution is 6.09. The monoisotopic (exact) mass is 246 g/mol. The van der Waals surface area contributed by atoms with E-state index in [0.717, 1.165) is 6.42 Å². The van der Waals surface area contributed by atoms with Crippen LogP contribution in [0.1, 0.15) is 29.4 Å². The van der Waals surface area contributed by atoms with E-state index >= 15 is 0 Å². The molecule has 0 amide bonds. The highest BCUT2D eigenvalue weighted by atomic mass is 16.5. The molecular formula is C12H14N4O2. The molecule has 0 bridgehead atoms. The molecule has 6 heteroatoms. The van der Waals surface area contributed by atoms with E-state index < -0.39 is 0 Å². The maximum absolute atomic E-state index is 12.4. The van der Waals surface area contributed by atoms with Crippen LogP contribution in [0.3, 0.4) is 0 Å². The maximum Gasteiger partial charge on any atom is 0.216 e. The summed E-state index contributed by atoms with van der Waals surface area (Å²) in [6.07, 6.45) is 5.36. The number of aryl methyl sites for hydroxylation is 1. The molecule has 0 aliphatic heterocycles. The molecule has 6 nitrogen and oxygen atoms in total. The molecule has 0 fully saturated rings. The summed E-state index contributed by atoms with van der Waals surface area (Å²) in [4.78, 5) is 12.4. The molecule has 0 N–H and O–H groups in total. The Kier molecular flexibility index (Phi) is 3.66. The van der Waals surface area contributed by atoms with Crippen molar-refractivity contribution >= 4 is 5.78 Å². The van der Waals surface area contributed by atoms with Gasteiger partial charge in [0.1, 0.15) is 0 Å². The maximum atomic E-state index is 12.4. The molecule has 0 radical (unpaired) electrons. The van der Waals surface area contributed by atoms with Gasteiger partial charge in [-0.3, -0.25) is 9.48 Å². The van der Waals surface area contributed by atoms with Crippen LogP contribution in [0.25, 0.3) is 0 Å². The van der Waals surface area contributed by atoms with E-state index in [1.54, 1.807) is 16.9 Å². The first-order valence-corrected chi connectivity index (χ1v) is 5.69. The fourth-order valence-corrected chi connectivity index (χ4v) is 1.69. The van der Waals surface area contributed by atoms with Crippen LogP contribution in [0.2, 0.25) is 0 Å². The van der Waals surface area contributed by atoms with Gasteiger partial charge >= 0.3 is 0 Å². The van der Waals surface area contributed by atoms with Crippen molar-refractivity contribution in [1.29, 1.82) is 0 Å². The number of carbonyl (C=O) groups excluding carboxylic acids is 1. The standard InChI is InChI=1S/C12H14N4O2/c1-3-6-16-11(10(18-2)8-15-16)12(17)9-4-5-13-14-7-9/h4-5,7-8H,3,6H2,1-2H3. The second-order valence-corrected chi connectivity index (χ2v) is 3.74. The first-order chi connectivity index (χ1) is 8.77. The summed E-state index contributed by atoms with van der Waals surface area (Å²) in [6.45, 7) is 2.69. The Labute approximate surface area is 105 Å². The van der Waals surface area contributed by atoms with Crippen molar-refractivity contribution < 1.29 is 9.53 Å². The van der Waals surface area contributed by atoms with E-state index in [4.69, 9.17) is 4.74 Å². The number of aromatic nitrogens is 4. The fourth-order valence-electron chi connectivity index (χ4n) is 1.69. The molecule has 2 aromatic rings. The summed E-state index contributed by atoms with van der Waals surface area (Å²) in [5.74, 6) is 0.318. The highest BCUT2D eigenvalue weighted by Gasteiger charge is 2.20. The largest absolute Gasteiger partial charge is 0.493 e. The molecule has 18 heavy (non-hydrogen) atoms. The number of ketones is 1. The predicted molar refractivity (Wildman–Crippen MR) is 64.5 cm³/mol. The minimum atomic E-state index is -0.160. The van der Waals surface area contributed by atoms with Crippen molar-refractivity contribution in [2.45, 2.75) is 19.9 Å². The molecule has 0 aliphatic carbocycles. The van der Waals surface area contributed by atoms with Gasteiger partial charge in [0.25, 0.3) is 0 Å². The number of hydrogen-bond acceptors (Lipinski definition) is 5. The molecule has 0 saturated carbocycles. The second kappa shape index (κ2) is 5.39. The average Bonchev–Trinajstić information content (AvgIpc) is 2.82. The number of hydrogen-bond donors (Lipinski definition) is 0. The Morgan fingerprint density at radius 2 is 2.22 bits per heavy atom. The Balaban J connectivity index is 2.43.